The number of nitrogens with zero attached hydrogens (tertiary/aromatic N) is 2. The van der Waals surface area contributed by atoms with Crippen molar-refractivity contribution in [2.45, 2.75) is 17.1 Å². The van der Waals surface area contributed by atoms with E-state index in [4.69, 9.17) is 0 Å². The van der Waals surface area contributed by atoms with Gasteiger partial charge < -0.3 is 10.6 Å². The van der Waals surface area contributed by atoms with Gasteiger partial charge in [-0.05, 0) is 65.6 Å². The van der Waals surface area contributed by atoms with Crippen molar-refractivity contribution in [2.24, 2.45) is 0 Å². The molecule has 0 saturated carbocycles. The number of rotatable bonds is 11. The molecular weight excluding hydrogens is 651 g/mol. The van der Waals surface area contributed by atoms with Crippen LogP contribution in [0.15, 0.2) is 150 Å². The van der Waals surface area contributed by atoms with Crippen LogP contribution in [0, 0.1) is 6.92 Å². The van der Waals surface area contributed by atoms with Gasteiger partial charge in [0.2, 0.25) is 11.0 Å². The maximum atomic E-state index is 13.8. The van der Waals surface area contributed by atoms with Crippen molar-refractivity contribution in [3.63, 3.8) is 0 Å². The molecule has 0 spiro atoms. The van der Waals surface area contributed by atoms with Gasteiger partial charge in [-0.25, -0.2) is 0 Å². The highest BCUT2D eigenvalue weighted by Gasteiger charge is 2.24. The van der Waals surface area contributed by atoms with Gasteiger partial charge in [0.25, 0.3) is 11.8 Å². The fourth-order valence-electron chi connectivity index (χ4n) is 4.91. The van der Waals surface area contributed by atoms with E-state index in [9.17, 15) is 14.4 Å². The molecule has 0 saturated heterocycles. The van der Waals surface area contributed by atoms with Crippen molar-refractivity contribution in [1.29, 1.82) is 0 Å². The predicted molar refractivity (Wildman–Crippen MR) is 197 cm³/mol. The first-order valence-electron chi connectivity index (χ1n) is 15.4. The van der Waals surface area contributed by atoms with Crippen LogP contribution in [0.2, 0.25) is 0 Å². The molecule has 6 rings (SSSR count). The Morgan fingerprint density at radius 3 is 2.04 bits per heavy atom. The molecule has 0 aliphatic heterocycles. The lowest BCUT2D eigenvalue weighted by Crippen LogP contribution is -2.30. The van der Waals surface area contributed by atoms with Crippen molar-refractivity contribution in [3.8, 4) is 11.1 Å². The number of carbonyl (C=O) groups is 3. The van der Waals surface area contributed by atoms with Crippen molar-refractivity contribution in [1.82, 2.24) is 15.5 Å². The Bertz CT molecular complexity index is 2080. The third-order valence-corrected chi connectivity index (χ3v) is 9.30. The number of carbonyl (C=O) groups excluding carboxylic acids is 3. The summed E-state index contributed by atoms with van der Waals surface area (Å²) in [4.78, 5) is 41.1. The van der Waals surface area contributed by atoms with Crippen LogP contribution >= 0.6 is 23.1 Å². The standard InChI is InChI=1S/C39H31N5O3S2/c1-26-43-44-39(48-26)42-38(47)35(30-14-7-3-8-15-30)49-33-19-11-18-32(25-33)40-37(46)34(41-36(45)31-16-9-4-10-17-31)24-27-20-22-29(23-21-27)28-12-5-2-6-13-28/h2-25,35H,1H3,(H,40,46)(H,41,45)(H,42,44,47)/b34-24+. The third kappa shape index (κ3) is 8.95. The van der Waals surface area contributed by atoms with Crippen molar-refractivity contribution >= 4 is 57.7 Å². The molecule has 6 aromatic rings. The Morgan fingerprint density at radius 1 is 0.714 bits per heavy atom. The van der Waals surface area contributed by atoms with Crippen LogP contribution in [-0.2, 0) is 9.59 Å². The SMILES string of the molecule is Cc1nnc(NC(=O)C(Sc2cccc(NC(=O)/C(=C\c3ccc(-c4ccccc4)cc3)NC(=O)c3ccccc3)c2)c2ccccc2)s1. The molecule has 1 unspecified atom stereocenters. The Balaban J connectivity index is 1.23. The Morgan fingerprint density at radius 2 is 1.37 bits per heavy atom. The fraction of sp³-hybridized carbons (Fsp3) is 0.0513. The lowest BCUT2D eigenvalue weighted by atomic mass is 10.0. The van der Waals surface area contributed by atoms with Crippen LogP contribution in [0.3, 0.4) is 0 Å². The van der Waals surface area contributed by atoms with E-state index < -0.39 is 17.1 Å². The molecule has 10 heteroatoms. The first kappa shape index (κ1) is 33.1. The van der Waals surface area contributed by atoms with Gasteiger partial charge in [0.15, 0.2) is 0 Å². The first-order valence-corrected chi connectivity index (χ1v) is 17.1. The minimum atomic E-state index is -0.601. The molecule has 5 aromatic carbocycles. The van der Waals surface area contributed by atoms with E-state index >= 15 is 0 Å². The number of nitrogens with one attached hydrogen (secondary N) is 3. The second-order valence-corrected chi connectivity index (χ2v) is 13.2. The van der Waals surface area contributed by atoms with Crippen molar-refractivity contribution in [2.75, 3.05) is 10.6 Å². The highest BCUT2D eigenvalue weighted by atomic mass is 32.2. The average Bonchev–Trinajstić information content (AvgIpc) is 3.55. The van der Waals surface area contributed by atoms with Gasteiger partial charge in [0, 0.05) is 16.1 Å². The number of aromatic nitrogens is 2. The number of benzene rings is 5. The molecule has 1 atom stereocenters. The molecular formula is C39H31N5O3S2. The monoisotopic (exact) mass is 681 g/mol. The molecule has 0 fully saturated rings. The van der Waals surface area contributed by atoms with Gasteiger partial charge in [-0.1, -0.05) is 121 Å². The van der Waals surface area contributed by atoms with Gasteiger partial charge in [0.05, 0.1) is 0 Å². The maximum absolute atomic E-state index is 13.8. The number of hydrogen-bond donors (Lipinski definition) is 3. The molecule has 8 nitrogen and oxygen atoms in total. The lowest BCUT2D eigenvalue weighted by Gasteiger charge is -2.17. The largest absolute Gasteiger partial charge is 0.321 e. The van der Waals surface area contributed by atoms with Crippen LogP contribution in [-0.4, -0.2) is 27.9 Å². The van der Waals surface area contributed by atoms with Crippen LogP contribution in [0.25, 0.3) is 17.2 Å². The zero-order valence-electron chi connectivity index (χ0n) is 26.4. The van der Waals surface area contributed by atoms with E-state index in [1.807, 2.05) is 104 Å². The topological polar surface area (TPSA) is 113 Å². The second-order valence-electron chi connectivity index (χ2n) is 10.9. The van der Waals surface area contributed by atoms with Crippen LogP contribution in [0.1, 0.15) is 31.7 Å². The summed E-state index contributed by atoms with van der Waals surface area (Å²) in [5.41, 5.74) is 4.67. The molecule has 1 heterocycles. The van der Waals surface area contributed by atoms with E-state index in [0.717, 1.165) is 32.2 Å². The zero-order chi connectivity index (χ0) is 34.0. The number of amides is 3. The van der Waals surface area contributed by atoms with Crippen molar-refractivity contribution < 1.29 is 14.4 Å². The van der Waals surface area contributed by atoms with E-state index in [0.29, 0.717) is 16.4 Å². The van der Waals surface area contributed by atoms with Crippen molar-refractivity contribution in [3.05, 3.63) is 167 Å². The fourth-order valence-corrected chi connectivity index (χ4v) is 6.59. The summed E-state index contributed by atoms with van der Waals surface area (Å²) in [6.07, 6.45) is 1.65. The molecule has 3 amide bonds. The highest BCUT2D eigenvalue weighted by molar-refractivity contribution is 8.00. The Hall–Kier alpha value is -5.84. The van der Waals surface area contributed by atoms with Gasteiger partial charge >= 0.3 is 0 Å². The minimum absolute atomic E-state index is 0.0771. The molecule has 49 heavy (non-hydrogen) atoms. The summed E-state index contributed by atoms with van der Waals surface area (Å²) >= 11 is 2.65. The normalized spacial score (nSPS) is 11.7. The number of aryl methyl sites for hydroxylation is 1. The van der Waals surface area contributed by atoms with Crippen LogP contribution in [0.5, 0.6) is 0 Å². The molecule has 0 radical (unpaired) electrons. The van der Waals surface area contributed by atoms with Crippen LogP contribution < -0.4 is 16.0 Å². The summed E-state index contributed by atoms with van der Waals surface area (Å²) < 4.78 is 0. The second kappa shape index (κ2) is 15.8. The summed E-state index contributed by atoms with van der Waals surface area (Å²) in [5.74, 6) is -1.15. The van der Waals surface area contributed by atoms with Gasteiger partial charge in [0.1, 0.15) is 16.0 Å². The quantitative estimate of drug-likeness (QED) is 0.0935. The van der Waals surface area contributed by atoms with E-state index in [2.05, 4.69) is 26.1 Å². The predicted octanol–water partition coefficient (Wildman–Crippen LogP) is 8.40. The molecule has 3 N–H and O–H groups in total. The summed E-state index contributed by atoms with van der Waals surface area (Å²) in [7, 11) is 0. The molecule has 1 aromatic heterocycles. The lowest BCUT2D eigenvalue weighted by molar-refractivity contribution is -0.116. The molecule has 0 aliphatic carbocycles. The third-order valence-electron chi connectivity index (χ3n) is 7.30. The molecule has 242 valence electrons. The van der Waals surface area contributed by atoms with Gasteiger partial charge in [-0.2, -0.15) is 0 Å². The number of hydrogen-bond acceptors (Lipinski definition) is 7. The summed E-state index contributed by atoms with van der Waals surface area (Å²) in [6.45, 7) is 1.83. The Labute approximate surface area is 292 Å². The zero-order valence-corrected chi connectivity index (χ0v) is 28.0. The Kier molecular flexibility index (Phi) is 10.7. The number of anilines is 2. The summed E-state index contributed by atoms with van der Waals surface area (Å²) in [6, 6.07) is 43.2. The van der Waals surface area contributed by atoms with E-state index in [1.165, 1.54) is 23.1 Å². The first-order chi connectivity index (χ1) is 23.9. The van der Waals surface area contributed by atoms with E-state index in [1.54, 1.807) is 48.5 Å². The van der Waals surface area contributed by atoms with Gasteiger partial charge in [-0.3, -0.25) is 19.7 Å². The summed E-state index contributed by atoms with van der Waals surface area (Å²) in [5, 5.41) is 17.2. The average molecular weight is 682 g/mol. The molecule has 0 aliphatic rings. The van der Waals surface area contributed by atoms with Crippen LogP contribution in [0.4, 0.5) is 10.8 Å². The molecule has 0 bridgehead atoms. The minimum Gasteiger partial charge on any atom is -0.321 e. The highest BCUT2D eigenvalue weighted by Crippen LogP contribution is 2.37. The maximum Gasteiger partial charge on any atom is 0.272 e. The number of thioether (sulfide) groups is 1. The smallest absolute Gasteiger partial charge is 0.272 e. The van der Waals surface area contributed by atoms with Gasteiger partial charge in [-0.15, -0.1) is 22.0 Å². The van der Waals surface area contributed by atoms with E-state index in [-0.39, 0.29) is 11.6 Å².